The number of nitrogens with two attached hydrogens (primary N) is 1. The third kappa shape index (κ3) is 3.71. The van der Waals surface area contributed by atoms with Crippen LogP contribution in [0.2, 0.25) is 10.0 Å². The second-order valence-electron chi connectivity index (χ2n) is 7.88. The van der Waals surface area contributed by atoms with Crippen LogP contribution in [0.15, 0.2) is 30.3 Å². The summed E-state index contributed by atoms with van der Waals surface area (Å²) >= 11 is 12.9. The maximum absolute atomic E-state index is 6.67. The number of piperidine rings is 1. The number of benzene rings is 2. The van der Waals surface area contributed by atoms with Gasteiger partial charge in [-0.05, 0) is 68.5 Å². The average molecular weight is 405 g/mol. The van der Waals surface area contributed by atoms with Gasteiger partial charge in [-0.15, -0.1) is 0 Å². The zero-order valence-electron chi connectivity index (χ0n) is 15.8. The van der Waals surface area contributed by atoms with Crippen molar-refractivity contribution in [1.29, 1.82) is 0 Å². The average Bonchev–Trinajstić information content (AvgIpc) is 2.97. The summed E-state index contributed by atoms with van der Waals surface area (Å²) in [6.07, 6.45) is 2.98. The van der Waals surface area contributed by atoms with Gasteiger partial charge in [0.2, 0.25) is 0 Å². The van der Waals surface area contributed by atoms with Gasteiger partial charge in [0.05, 0.1) is 6.04 Å². The van der Waals surface area contributed by atoms with Crippen molar-refractivity contribution < 1.29 is 4.74 Å². The van der Waals surface area contributed by atoms with Crippen LogP contribution in [0, 0.1) is 13.8 Å². The van der Waals surface area contributed by atoms with E-state index in [1.807, 2.05) is 12.1 Å². The molecule has 3 atom stereocenters. The summed E-state index contributed by atoms with van der Waals surface area (Å²) in [5, 5.41) is 1.39. The van der Waals surface area contributed by atoms with Crippen LogP contribution in [0.5, 0.6) is 5.75 Å². The van der Waals surface area contributed by atoms with Crippen LogP contribution < -0.4 is 10.5 Å². The molecule has 1 aliphatic heterocycles. The first-order valence-corrected chi connectivity index (χ1v) is 10.4. The quantitative estimate of drug-likeness (QED) is 0.774. The molecule has 1 saturated heterocycles. The van der Waals surface area contributed by atoms with Gasteiger partial charge in [-0.2, -0.15) is 0 Å². The number of nitrogens with zero attached hydrogens (tertiary/aromatic N) is 1. The van der Waals surface area contributed by atoms with E-state index < -0.39 is 0 Å². The molecule has 0 saturated carbocycles. The van der Waals surface area contributed by atoms with Crippen molar-refractivity contribution in [1.82, 2.24) is 4.90 Å². The smallest absolute Gasteiger partial charge is 0.140 e. The maximum atomic E-state index is 6.67. The second kappa shape index (κ2) is 7.63. The Bertz CT molecular complexity index is 834. The molecule has 4 rings (SSSR count). The van der Waals surface area contributed by atoms with Crippen molar-refractivity contribution in [3.63, 3.8) is 0 Å². The van der Waals surface area contributed by atoms with Gasteiger partial charge in [0.1, 0.15) is 11.9 Å². The van der Waals surface area contributed by atoms with Crippen LogP contribution in [0.1, 0.15) is 41.2 Å². The standard InChI is InChI=1S/C22H26Cl2N2O/c1-13-5-3-6-14(2)21(13)27-22-18-9-15(23)10-19(24)17(18)11-20(22)26-8-4-7-16(25)12-26/h3,5-6,9-10,16,20,22H,4,7-8,11-12,25H2,1-2H3/t16-,20+,22+/m1/s1. The lowest BCUT2D eigenvalue weighted by molar-refractivity contribution is 0.0585. The number of para-hydroxylation sites is 1. The Morgan fingerprint density at radius 1 is 1.15 bits per heavy atom. The van der Waals surface area contributed by atoms with Gasteiger partial charge in [-0.25, -0.2) is 0 Å². The zero-order chi connectivity index (χ0) is 19.1. The summed E-state index contributed by atoms with van der Waals surface area (Å²) in [7, 11) is 0. The van der Waals surface area contributed by atoms with E-state index in [1.54, 1.807) is 0 Å². The van der Waals surface area contributed by atoms with Crippen LogP contribution in [0.25, 0.3) is 0 Å². The molecular formula is C22H26Cl2N2O. The molecule has 1 aliphatic carbocycles. The maximum Gasteiger partial charge on any atom is 0.140 e. The summed E-state index contributed by atoms with van der Waals surface area (Å²) < 4.78 is 6.67. The number of halogens is 2. The first-order valence-electron chi connectivity index (χ1n) is 9.64. The molecule has 0 bridgehead atoms. The fourth-order valence-corrected chi connectivity index (χ4v) is 5.12. The van der Waals surface area contributed by atoms with Crippen molar-refractivity contribution in [2.24, 2.45) is 5.73 Å². The van der Waals surface area contributed by atoms with E-state index >= 15 is 0 Å². The highest BCUT2D eigenvalue weighted by atomic mass is 35.5. The Kier molecular flexibility index (Phi) is 5.39. The fraction of sp³-hybridized carbons (Fsp3) is 0.455. The molecule has 0 unspecified atom stereocenters. The molecule has 1 heterocycles. The van der Waals surface area contributed by atoms with E-state index in [2.05, 4.69) is 36.9 Å². The number of likely N-dealkylation sites (tertiary alicyclic amines) is 1. The summed E-state index contributed by atoms with van der Waals surface area (Å²) in [6.45, 7) is 6.13. The lowest BCUT2D eigenvalue weighted by Crippen LogP contribution is -2.49. The molecule has 0 radical (unpaired) electrons. The SMILES string of the molecule is Cc1cccc(C)c1O[C@H]1c2cc(Cl)cc(Cl)c2C[C@@H]1N1CCC[C@@H](N)C1. The molecule has 0 aromatic heterocycles. The van der Waals surface area contributed by atoms with Crippen LogP contribution >= 0.6 is 23.2 Å². The highest BCUT2D eigenvalue weighted by Crippen LogP contribution is 2.44. The minimum atomic E-state index is -0.0960. The van der Waals surface area contributed by atoms with E-state index in [0.717, 1.165) is 65.4 Å². The topological polar surface area (TPSA) is 38.5 Å². The van der Waals surface area contributed by atoms with Gasteiger partial charge in [0.15, 0.2) is 0 Å². The fourth-order valence-electron chi connectivity index (χ4n) is 4.53. The largest absolute Gasteiger partial charge is 0.484 e. The van der Waals surface area contributed by atoms with Gasteiger partial charge in [-0.1, -0.05) is 41.4 Å². The van der Waals surface area contributed by atoms with Gasteiger partial charge >= 0.3 is 0 Å². The molecule has 2 aromatic rings. The van der Waals surface area contributed by atoms with E-state index in [0.29, 0.717) is 5.02 Å². The summed E-state index contributed by atoms with van der Waals surface area (Å²) in [6, 6.07) is 10.6. The Labute approximate surface area is 171 Å². The summed E-state index contributed by atoms with van der Waals surface area (Å²) in [4.78, 5) is 2.48. The monoisotopic (exact) mass is 404 g/mol. The Balaban J connectivity index is 1.74. The number of ether oxygens (including phenoxy) is 1. The number of hydrogen-bond donors (Lipinski definition) is 1. The van der Waals surface area contributed by atoms with Crippen LogP contribution in [-0.2, 0) is 6.42 Å². The van der Waals surface area contributed by atoms with Crippen molar-refractivity contribution in [3.05, 3.63) is 62.6 Å². The van der Waals surface area contributed by atoms with E-state index in [4.69, 9.17) is 33.7 Å². The number of fused-ring (bicyclic) bond motifs is 1. The van der Waals surface area contributed by atoms with Gasteiger partial charge in [-0.3, -0.25) is 4.90 Å². The van der Waals surface area contributed by atoms with Crippen LogP contribution in [-0.4, -0.2) is 30.1 Å². The lowest BCUT2D eigenvalue weighted by Gasteiger charge is -2.38. The molecule has 3 nitrogen and oxygen atoms in total. The highest BCUT2D eigenvalue weighted by Gasteiger charge is 2.41. The number of rotatable bonds is 3. The van der Waals surface area contributed by atoms with Gasteiger partial charge in [0, 0.05) is 28.2 Å². The van der Waals surface area contributed by atoms with E-state index in [1.165, 1.54) is 0 Å². The van der Waals surface area contributed by atoms with Crippen molar-refractivity contribution >= 4 is 23.2 Å². The molecule has 1 fully saturated rings. The van der Waals surface area contributed by atoms with Crippen LogP contribution in [0.4, 0.5) is 0 Å². The molecular weight excluding hydrogens is 379 g/mol. The van der Waals surface area contributed by atoms with Crippen molar-refractivity contribution in [2.75, 3.05) is 13.1 Å². The molecule has 5 heteroatoms. The summed E-state index contributed by atoms with van der Waals surface area (Å²) in [5.74, 6) is 0.956. The van der Waals surface area contributed by atoms with E-state index in [-0.39, 0.29) is 18.2 Å². The molecule has 0 spiro atoms. The normalized spacial score (nSPS) is 25.4. The Hall–Kier alpha value is -1.26. The van der Waals surface area contributed by atoms with E-state index in [9.17, 15) is 0 Å². The summed E-state index contributed by atoms with van der Waals surface area (Å²) in [5.41, 5.74) is 10.8. The molecule has 27 heavy (non-hydrogen) atoms. The zero-order valence-corrected chi connectivity index (χ0v) is 17.4. The second-order valence-corrected chi connectivity index (χ2v) is 8.73. The molecule has 2 aromatic carbocycles. The predicted molar refractivity (Wildman–Crippen MR) is 112 cm³/mol. The van der Waals surface area contributed by atoms with Gasteiger partial charge in [0.25, 0.3) is 0 Å². The van der Waals surface area contributed by atoms with Gasteiger partial charge < -0.3 is 10.5 Å². The highest BCUT2D eigenvalue weighted by molar-refractivity contribution is 6.35. The first kappa shape index (κ1) is 19.1. The predicted octanol–water partition coefficient (Wildman–Crippen LogP) is 5.08. The van der Waals surface area contributed by atoms with Crippen molar-refractivity contribution in [2.45, 2.75) is 51.3 Å². The lowest BCUT2D eigenvalue weighted by atomic mass is 10.0. The minimum Gasteiger partial charge on any atom is -0.484 e. The third-order valence-electron chi connectivity index (χ3n) is 5.88. The molecule has 144 valence electrons. The molecule has 2 aliphatic rings. The molecule has 0 amide bonds. The van der Waals surface area contributed by atoms with Crippen LogP contribution in [0.3, 0.4) is 0 Å². The number of hydrogen-bond acceptors (Lipinski definition) is 3. The van der Waals surface area contributed by atoms with Crippen molar-refractivity contribution in [3.8, 4) is 5.75 Å². The first-order chi connectivity index (χ1) is 12.9. The third-order valence-corrected chi connectivity index (χ3v) is 6.43. The Morgan fingerprint density at radius 3 is 2.59 bits per heavy atom. The minimum absolute atomic E-state index is 0.0960. The number of aryl methyl sites for hydroxylation is 2. The Morgan fingerprint density at radius 2 is 1.89 bits per heavy atom. The molecule has 2 N–H and O–H groups in total.